The minimum Gasteiger partial charge on any atom is -0.467 e. The lowest BCUT2D eigenvalue weighted by Crippen LogP contribution is -2.64. The first-order chi connectivity index (χ1) is 20.0. The van der Waals surface area contributed by atoms with Gasteiger partial charge in [-0.15, -0.1) is 0 Å². The molecule has 1 aliphatic heterocycles. The van der Waals surface area contributed by atoms with Crippen molar-refractivity contribution in [1.29, 1.82) is 0 Å². The van der Waals surface area contributed by atoms with Crippen molar-refractivity contribution < 1.29 is 85.7 Å². The minimum absolute atomic E-state index is 0.854. The first-order valence-corrected chi connectivity index (χ1v) is 12.5. The van der Waals surface area contributed by atoms with Crippen LogP contribution < -0.4 is 0 Å². The molecular formula is C25H34O18. The summed E-state index contributed by atoms with van der Waals surface area (Å²) in [5.41, 5.74) is 0. The largest absolute Gasteiger partial charge is 0.467 e. The number of esters is 8. The van der Waals surface area contributed by atoms with Crippen molar-refractivity contribution >= 4 is 47.8 Å². The van der Waals surface area contributed by atoms with E-state index in [2.05, 4.69) is 4.74 Å². The molecule has 8 atom stereocenters. The maximum absolute atomic E-state index is 12.6. The van der Waals surface area contributed by atoms with E-state index in [1.807, 2.05) is 0 Å². The molecule has 242 valence electrons. The number of methoxy groups -OCH3 is 2. The summed E-state index contributed by atoms with van der Waals surface area (Å²) in [6, 6.07) is 0. The van der Waals surface area contributed by atoms with Crippen LogP contribution in [0.2, 0.25) is 0 Å². The average molecular weight is 623 g/mol. The zero-order chi connectivity index (χ0) is 33.0. The maximum Gasteiger partial charge on any atom is 0.351 e. The molecule has 18 nitrogen and oxygen atoms in total. The summed E-state index contributed by atoms with van der Waals surface area (Å²) in [5, 5.41) is 0. The van der Waals surface area contributed by atoms with Gasteiger partial charge >= 0.3 is 47.8 Å². The number of hydrogen-bond donors (Lipinski definition) is 0. The minimum atomic E-state index is -1.96. The summed E-state index contributed by atoms with van der Waals surface area (Å²) in [7, 11) is 1.93. The molecule has 0 spiro atoms. The van der Waals surface area contributed by atoms with Crippen LogP contribution in [0.15, 0.2) is 0 Å². The quantitative estimate of drug-likeness (QED) is 0.171. The van der Waals surface area contributed by atoms with E-state index in [1.165, 1.54) is 0 Å². The van der Waals surface area contributed by atoms with Crippen molar-refractivity contribution in [1.82, 2.24) is 0 Å². The van der Waals surface area contributed by atoms with Crippen molar-refractivity contribution in [2.24, 2.45) is 0 Å². The van der Waals surface area contributed by atoms with E-state index in [9.17, 15) is 38.4 Å². The van der Waals surface area contributed by atoms with Crippen LogP contribution in [0, 0.1) is 0 Å². The molecule has 0 amide bonds. The molecular weight excluding hydrogens is 588 g/mol. The van der Waals surface area contributed by atoms with Crippen LogP contribution in [0.5, 0.6) is 0 Å². The first kappa shape index (κ1) is 36.7. The van der Waals surface area contributed by atoms with Gasteiger partial charge < -0.3 is 47.4 Å². The fourth-order valence-electron chi connectivity index (χ4n) is 3.88. The molecule has 0 saturated carbocycles. The zero-order valence-electron chi connectivity index (χ0n) is 24.7. The third kappa shape index (κ3) is 11.5. The highest BCUT2D eigenvalue weighted by Crippen LogP contribution is 2.31. The zero-order valence-corrected chi connectivity index (χ0v) is 24.7. The van der Waals surface area contributed by atoms with Crippen LogP contribution in [-0.2, 0) is 85.7 Å². The topological polar surface area (TPSA) is 229 Å². The SMILES string of the molecule is COC(=O)[C@H]1O[C@H](OC[C@@H](OC(C)=O)[C@@H](OC(C)=O)[C@H](OC(C)=O)C(=O)OC)[C@H](OC(C)=O)[C@@H](OC(C)=O)[C@@H]1OC(C)=O. The van der Waals surface area contributed by atoms with Gasteiger partial charge in [-0.05, 0) is 0 Å². The van der Waals surface area contributed by atoms with Crippen molar-refractivity contribution in [2.75, 3.05) is 20.8 Å². The van der Waals surface area contributed by atoms with E-state index >= 15 is 0 Å². The molecule has 0 unspecified atom stereocenters. The fourth-order valence-corrected chi connectivity index (χ4v) is 3.88. The summed E-state index contributed by atoms with van der Waals surface area (Å²) in [4.78, 5) is 96.5. The molecule has 1 rings (SSSR count). The lowest BCUT2D eigenvalue weighted by molar-refractivity contribution is -0.306. The van der Waals surface area contributed by atoms with Crippen LogP contribution in [0.1, 0.15) is 41.5 Å². The second-order valence-electron chi connectivity index (χ2n) is 8.78. The van der Waals surface area contributed by atoms with Crippen molar-refractivity contribution in [2.45, 2.75) is 90.6 Å². The molecule has 0 aliphatic carbocycles. The lowest BCUT2D eigenvalue weighted by Gasteiger charge is -2.43. The lowest BCUT2D eigenvalue weighted by atomic mass is 9.97. The number of hydrogen-bond acceptors (Lipinski definition) is 18. The van der Waals surface area contributed by atoms with E-state index in [0.29, 0.717) is 0 Å². The second kappa shape index (κ2) is 17.0. The van der Waals surface area contributed by atoms with Crippen LogP contribution in [0.25, 0.3) is 0 Å². The fraction of sp³-hybridized carbons (Fsp3) is 0.680. The Morgan fingerprint density at radius 2 is 1.09 bits per heavy atom. The van der Waals surface area contributed by atoms with Gasteiger partial charge in [0.25, 0.3) is 0 Å². The molecule has 1 heterocycles. The van der Waals surface area contributed by atoms with Gasteiger partial charge in [-0.25, -0.2) is 9.59 Å². The normalized spacial score (nSPS) is 23.2. The number of carbonyl (C=O) groups is 8. The predicted molar refractivity (Wildman–Crippen MR) is 132 cm³/mol. The smallest absolute Gasteiger partial charge is 0.351 e. The predicted octanol–water partition coefficient (Wildman–Crippen LogP) is -1.34. The Bertz CT molecular complexity index is 1070. The summed E-state index contributed by atoms with van der Waals surface area (Å²) >= 11 is 0. The van der Waals surface area contributed by atoms with Gasteiger partial charge in [0.1, 0.15) is 0 Å². The first-order valence-electron chi connectivity index (χ1n) is 12.5. The van der Waals surface area contributed by atoms with Gasteiger partial charge in [-0.2, -0.15) is 0 Å². The molecule has 0 N–H and O–H groups in total. The Kier molecular flexibility index (Phi) is 14.5. The number of carbonyl (C=O) groups excluding carboxylic acids is 8. The Morgan fingerprint density at radius 1 is 0.605 bits per heavy atom. The average Bonchev–Trinajstić information content (AvgIpc) is 2.88. The van der Waals surface area contributed by atoms with Gasteiger partial charge in [0.15, 0.2) is 42.9 Å². The molecule has 1 aliphatic rings. The molecule has 1 fully saturated rings. The highest BCUT2D eigenvalue weighted by Gasteiger charge is 2.55. The molecule has 0 aromatic carbocycles. The second-order valence-corrected chi connectivity index (χ2v) is 8.78. The highest BCUT2D eigenvalue weighted by molar-refractivity contribution is 5.80. The van der Waals surface area contributed by atoms with Crippen LogP contribution in [-0.4, -0.2) is 118 Å². The van der Waals surface area contributed by atoms with Gasteiger partial charge in [-0.3, -0.25) is 28.8 Å². The summed E-state index contributed by atoms with van der Waals surface area (Å²) in [5.74, 6) is -8.12. The van der Waals surface area contributed by atoms with Gasteiger partial charge in [0.2, 0.25) is 6.10 Å². The van der Waals surface area contributed by atoms with E-state index < -0.39 is 103 Å². The highest BCUT2D eigenvalue weighted by atomic mass is 16.7. The van der Waals surface area contributed by atoms with Crippen LogP contribution >= 0.6 is 0 Å². The summed E-state index contributed by atoms with van der Waals surface area (Å²) in [6.07, 6.45) is -14.3. The van der Waals surface area contributed by atoms with E-state index in [4.69, 9.17) is 42.6 Å². The molecule has 0 aromatic heterocycles. The van der Waals surface area contributed by atoms with Gasteiger partial charge in [0.05, 0.1) is 20.8 Å². The Morgan fingerprint density at radius 3 is 1.53 bits per heavy atom. The molecule has 1 saturated heterocycles. The van der Waals surface area contributed by atoms with Crippen LogP contribution in [0.3, 0.4) is 0 Å². The van der Waals surface area contributed by atoms with E-state index in [1.54, 1.807) is 0 Å². The summed E-state index contributed by atoms with van der Waals surface area (Å²) < 4.78 is 51.5. The van der Waals surface area contributed by atoms with Crippen molar-refractivity contribution in [3.05, 3.63) is 0 Å². The number of rotatable bonds is 13. The van der Waals surface area contributed by atoms with Crippen molar-refractivity contribution in [3.8, 4) is 0 Å². The molecule has 0 aromatic rings. The number of ether oxygens (including phenoxy) is 10. The third-order valence-corrected chi connectivity index (χ3v) is 5.27. The monoisotopic (exact) mass is 622 g/mol. The summed E-state index contributed by atoms with van der Waals surface area (Å²) in [6.45, 7) is 4.95. The Balaban J connectivity index is 3.63. The Hall–Kier alpha value is -4.32. The standard InChI is InChI=1S/C25H34O18/c1-10(26)37-16(17(38-11(2)27)20(23(32)34-7)41-14(5)30)9-36-25-22(42-15(6)31)19(40-13(4)29)18(39-12(3)28)21(43-25)24(33)35-8/h16-22,25H,9H2,1-8H3/t16-,17-,18+,19+,20+,21+,22-,25+/m1/s1. The van der Waals surface area contributed by atoms with E-state index in [-0.39, 0.29) is 0 Å². The third-order valence-electron chi connectivity index (χ3n) is 5.27. The van der Waals surface area contributed by atoms with Crippen LogP contribution in [0.4, 0.5) is 0 Å². The van der Waals surface area contributed by atoms with E-state index in [0.717, 1.165) is 55.8 Å². The molecule has 0 radical (unpaired) electrons. The van der Waals surface area contributed by atoms with Gasteiger partial charge in [0, 0.05) is 41.5 Å². The van der Waals surface area contributed by atoms with Gasteiger partial charge in [-0.1, -0.05) is 0 Å². The maximum atomic E-state index is 12.6. The Labute approximate surface area is 245 Å². The van der Waals surface area contributed by atoms with Crippen molar-refractivity contribution in [3.63, 3.8) is 0 Å². The molecule has 0 bridgehead atoms. The molecule has 18 heteroatoms. The molecule has 43 heavy (non-hydrogen) atoms.